The van der Waals surface area contributed by atoms with E-state index in [4.69, 9.17) is 22.0 Å². The van der Waals surface area contributed by atoms with Crippen LogP contribution in [0.1, 0.15) is 39.2 Å². The summed E-state index contributed by atoms with van der Waals surface area (Å²) in [6.07, 6.45) is 2.09. The van der Waals surface area contributed by atoms with E-state index >= 15 is 0 Å². The number of aliphatic carboxylic acids is 1. The molecule has 0 spiro atoms. The largest absolute Gasteiger partial charge is 0.481 e. The first-order chi connectivity index (χ1) is 9.23. The summed E-state index contributed by atoms with van der Waals surface area (Å²) in [6, 6.07) is 3.19. The lowest BCUT2D eigenvalue weighted by Crippen LogP contribution is -2.28. The number of nitriles is 1. The lowest BCUT2D eigenvalue weighted by Gasteiger charge is -2.26. The fraction of sp³-hybridized carbons (Fsp3) is 0.500. The van der Waals surface area contributed by atoms with Gasteiger partial charge < -0.3 is 10.4 Å². The Balaban J connectivity index is 2.95. The standard InChI is InChI=1S/C14H18ClN3O2/c1-14(2,3)7-10(6-11(19)20)18-13-12(15)9(8-16)4-5-17-13/h4-5,10H,6-7H2,1-3H3,(H,17,18)(H,19,20). The Bertz CT molecular complexity index is 532. The highest BCUT2D eigenvalue weighted by atomic mass is 35.5. The van der Waals surface area contributed by atoms with E-state index in [0.717, 1.165) is 0 Å². The van der Waals surface area contributed by atoms with E-state index in [9.17, 15) is 4.79 Å². The van der Waals surface area contributed by atoms with Crippen molar-refractivity contribution in [1.29, 1.82) is 5.26 Å². The van der Waals surface area contributed by atoms with Gasteiger partial charge in [0.15, 0.2) is 0 Å². The number of hydrogen-bond acceptors (Lipinski definition) is 4. The van der Waals surface area contributed by atoms with Gasteiger partial charge in [-0.2, -0.15) is 5.26 Å². The first kappa shape index (κ1) is 16.3. The molecule has 108 valence electrons. The average Bonchev–Trinajstić information content (AvgIpc) is 2.28. The van der Waals surface area contributed by atoms with E-state index in [0.29, 0.717) is 17.8 Å². The zero-order valence-electron chi connectivity index (χ0n) is 11.8. The van der Waals surface area contributed by atoms with E-state index in [2.05, 4.69) is 10.3 Å². The van der Waals surface area contributed by atoms with Gasteiger partial charge in [-0.15, -0.1) is 0 Å². The number of carbonyl (C=O) groups is 1. The van der Waals surface area contributed by atoms with Crippen LogP contribution in [-0.2, 0) is 4.79 Å². The quantitative estimate of drug-likeness (QED) is 0.870. The summed E-state index contributed by atoms with van der Waals surface area (Å²) in [4.78, 5) is 15.0. The van der Waals surface area contributed by atoms with Gasteiger partial charge in [0.05, 0.1) is 12.0 Å². The monoisotopic (exact) mass is 295 g/mol. The molecule has 0 aliphatic heterocycles. The van der Waals surface area contributed by atoms with Crippen LogP contribution in [0.2, 0.25) is 5.02 Å². The fourth-order valence-corrected chi connectivity index (χ4v) is 2.16. The maximum atomic E-state index is 10.9. The molecule has 0 radical (unpaired) electrons. The van der Waals surface area contributed by atoms with Gasteiger partial charge in [0.1, 0.15) is 16.9 Å². The van der Waals surface area contributed by atoms with Crippen LogP contribution in [0.4, 0.5) is 5.82 Å². The fourth-order valence-electron chi connectivity index (χ4n) is 1.95. The minimum atomic E-state index is -0.890. The molecule has 1 atom stereocenters. The minimum Gasteiger partial charge on any atom is -0.481 e. The molecule has 5 nitrogen and oxygen atoms in total. The molecule has 0 fully saturated rings. The van der Waals surface area contributed by atoms with Crippen LogP contribution in [0.5, 0.6) is 0 Å². The van der Waals surface area contributed by atoms with Crippen molar-refractivity contribution in [3.05, 3.63) is 22.8 Å². The summed E-state index contributed by atoms with van der Waals surface area (Å²) in [5.74, 6) is -0.541. The van der Waals surface area contributed by atoms with Crippen LogP contribution in [0.3, 0.4) is 0 Å². The van der Waals surface area contributed by atoms with Crippen molar-refractivity contribution < 1.29 is 9.90 Å². The summed E-state index contributed by atoms with van der Waals surface area (Å²) in [5.41, 5.74) is 0.279. The summed E-state index contributed by atoms with van der Waals surface area (Å²) in [6.45, 7) is 6.10. The first-order valence-electron chi connectivity index (χ1n) is 6.26. The number of nitrogens with zero attached hydrogens (tertiary/aromatic N) is 2. The molecule has 1 aromatic heterocycles. The molecule has 0 aromatic carbocycles. The molecule has 0 bridgehead atoms. The average molecular weight is 296 g/mol. The molecule has 1 rings (SSSR count). The Hall–Kier alpha value is -1.80. The number of carboxylic acid groups (broad SMARTS) is 1. The third kappa shape index (κ3) is 5.06. The van der Waals surface area contributed by atoms with Crippen molar-refractivity contribution in [2.24, 2.45) is 5.41 Å². The van der Waals surface area contributed by atoms with Gasteiger partial charge in [0.25, 0.3) is 0 Å². The van der Waals surface area contributed by atoms with Crippen molar-refractivity contribution in [3.8, 4) is 6.07 Å². The maximum Gasteiger partial charge on any atom is 0.305 e. The van der Waals surface area contributed by atoms with Gasteiger partial charge in [-0.1, -0.05) is 32.4 Å². The zero-order chi connectivity index (χ0) is 15.3. The highest BCUT2D eigenvalue weighted by Crippen LogP contribution is 2.28. The normalized spacial score (nSPS) is 12.6. The van der Waals surface area contributed by atoms with Gasteiger partial charge in [-0.05, 0) is 17.9 Å². The van der Waals surface area contributed by atoms with Gasteiger partial charge in [0, 0.05) is 12.2 Å². The van der Waals surface area contributed by atoms with Crippen LogP contribution in [0.15, 0.2) is 12.3 Å². The molecule has 0 amide bonds. The molecular weight excluding hydrogens is 278 g/mol. The predicted molar refractivity (Wildman–Crippen MR) is 77.7 cm³/mol. The molecule has 0 aliphatic rings. The molecule has 1 aromatic rings. The second kappa shape index (κ2) is 6.58. The Kier molecular flexibility index (Phi) is 5.34. The third-order valence-electron chi connectivity index (χ3n) is 2.63. The summed E-state index contributed by atoms with van der Waals surface area (Å²) >= 11 is 6.07. The van der Waals surface area contributed by atoms with Gasteiger partial charge in [-0.3, -0.25) is 4.79 Å². The molecule has 1 unspecified atom stereocenters. The number of hydrogen-bond donors (Lipinski definition) is 2. The van der Waals surface area contributed by atoms with Crippen LogP contribution in [0, 0.1) is 16.7 Å². The van der Waals surface area contributed by atoms with Crippen molar-refractivity contribution >= 4 is 23.4 Å². The third-order valence-corrected chi connectivity index (χ3v) is 3.01. The van der Waals surface area contributed by atoms with E-state index in [1.807, 2.05) is 26.8 Å². The van der Waals surface area contributed by atoms with Crippen LogP contribution in [-0.4, -0.2) is 22.1 Å². The van der Waals surface area contributed by atoms with E-state index < -0.39 is 5.97 Å². The number of halogens is 1. The van der Waals surface area contributed by atoms with E-state index in [1.165, 1.54) is 12.3 Å². The highest BCUT2D eigenvalue weighted by Gasteiger charge is 2.22. The van der Waals surface area contributed by atoms with Crippen molar-refractivity contribution in [3.63, 3.8) is 0 Å². The van der Waals surface area contributed by atoms with Gasteiger partial charge in [0.2, 0.25) is 0 Å². The number of aromatic nitrogens is 1. The number of carboxylic acids is 1. The molecule has 20 heavy (non-hydrogen) atoms. The Morgan fingerprint density at radius 1 is 1.60 bits per heavy atom. The highest BCUT2D eigenvalue weighted by molar-refractivity contribution is 6.34. The minimum absolute atomic E-state index is 0.0353. The molecule has 2 N–H and O–H groups in total. The molecule has 6 heteroatoms. The number of anilines is 1. The van der Waals surface area contributed by atoms with Crippen molar-refractivity contribution in [1.82, 2.24) is 4.98 Å². The Morgan fingerprint density at radius 3 is 2.75 bits per heavy atom. The molecule has 0 saturated heterocycles. The van der Waals surface area contributed by atoms with E-state index in [-0.39, 0.29) is 22.9 Å². The molecular formula is C14H18ClN3O2. The van der Waals surface area contributed by atoms with Gasteiger partial charge >= 0.3 is 5.97 Å². The molecule has 0 aliphatic carbocycles. The smallest absolute Gasteiger partial charge is 0.305 e. The van der Waals surface area contributed by atoms with Crippen LogP contribution < -0.4 is 5.32 Å². The topological polar surface area (TPSA) is 86.0 Å². The number of nitrogens with one attached hydrogen (secondary N) is 1. The number of pyridine rings is 1. The van der Waals surface area contributed by atoms with Crippen LogP contribution >= 0.6 is 11.6 Å². The first-order valence-corrected chi connectivity index (χ1v) is 6.63. The molecule has 0 saturated carbocycles. The number of rotatable bonds is 5. The second-order valence-corrected chi connectivity index (χ2v) is 6.21. The van der Waals surface area contributed by atoms with Gasteiger partial charge in [-0.25, -0.2) is 4.98 Å². The SMILES string of the molecule is CC(C)(C)CC(CC(=O)O)Nc1nccc(C#N)c1Cl. The predicted octanol–water partition coefficient (Wildman–Crippen LogP) is 3.30. The summed E-state index contributed by atoms with van der Waals surface area (Å²) < 4.78 is 0. The Labute approximate surface area is 123 Å². The summed E-state index contributed by atoms with van der Waals surface area (Å²) in [7, 11) is 0. The Morgan fingerprint density at radius 2 is 2.25 bits per heavy atom. The van der Waals surface area contributed by atoms with Crippen LogP contribution in [0.25, 0.3) is 0 Å². The zero-order valence-corrected chi connectivity index (χ0v) is 12.5. The second-order valence-electron chi connectivity index (χ2n) is 5.84. The molecule has 1 heterocycles. The lowest BCUT2D eigenvalue weighted by atomic mass is 9.87. The maximum absolute atomic E-state index is 10.9. The van der Waals surface area contributed by atoms with E-state index in [1.54, 1.807) is 0 Å². The van der Waals surface area contributed by atoms with Crippen molar-refractivity contribution in [2.45, 2.75) is 39.7 Å². The van der Waals surface area contributed by atoms with Crippen molar-refractivity contribution in [2.75, 3.05) is 5.32 Å². The lowest BCUT2D eigenvalue weighted by molar-refractivity contribution is -0.137. The summed E-state index contributed by atoms with van der Waals surface area (Å²) in [5, 5.41) is 21.2.